The maximum atomic E-state index is 10.1. The van der Waals surface area contributed by atoms with Crippen LogP contribution in [-0.2, 0) is 28.2 Å². The Bertz CT molecular complexity index is 6200. The standard InChI is InChI=1S/C21H18NO4.C20H14NO4.C20H17NO4.C18H13NO4.CH4.3ClH/c1-22-10-16-13(6-7-17(23-2)21(16)24-3)14-5-4-12-8-18-19(26-11-25-18)9-15(12)20(14)22;1-21-8-15-12(4-5-16-20(15)25-10-22-16)13-3-2-11-6-17-18(24-9-23-17)7-14(11)19(13)21;1-21-10-15-12(6-7-18(24-2)20(15)25-3)13-5-4-11-8-16(22)17(23)9-14(11)19(13)21;1-19-8-13-10(4-5-14(20)18(13)23)11-3-2-9-6-15(21)16(22)7-12(9)17(11)19;;;;/h4-10H,11H2,1-3H3;2-8H,9-10H2,1H3;4-10,23H,1-3H3;2-8H,1H3,(H3,20,21,22,23);1H4;3*1H/q2*+1;;;;;;/p-1. The normalized spacial score (nSPS) is 12.2. The highest BCUT2D eigenvalue weighted by atomic mass is 35.5. The first-order chi connectivity index (χ1) is 48.0. The quantitative estimate of drug-likeness (QED) is 0.0776. The number of halogens is 3. The maximum absolute atomic E-state index is 10.1. The number of nitrogens with zero attached hydrogens (tertiary/aromatic N) is 4. The largest absolute Gasteiger partial charge is 1.00 e. The van der Waals surface area contributed by atoms with Crippen LogP contribution < -0.4 is 103 Å². The second kappa shape index (κ2) is 27.5. The summed E-state index contributed by atoms with van der Waals surface area (Å²) in [5.74, 6) is 6.72. The molecule has 0 bridgehead atoms. The predicted molar refractivity (Wildman–Crippen MR) is 382 cm³/mol. The van der Waals surface area contributed by atoms with Crippen molar-refractivity contribution >= 4 is 130 Å². The molecule has 0 spiro atoms. The van der Waals surface area contributed by atoms with Crippen LogP contribution >= 0.6 is 0 Å². The lowest BCUT2D eigenvalue weighted by atomic mass is 10.00. The molecule has 0 saturated carbocycles. The molecule has 19 rings (SSSR count). The minimum absolute atomic E-state index is 0. The number of ether oxygens (including phenoxy) is 10. The molecule has 0 saturated heterocycles. The summed E-state index contributed by atoms with van der Waals surface area (Å²) in [4.78, 5) is 0. The molecule has 0 aliphatic carbocycles. The molecule has 12 aromatic carbocycles. The fraction of sp³-hybridized carbons (Fsp3) is 0.150. The van der Waals surface area contributed by atoms with Crippen molar-refractivity contribution in [3.8, 4) is 92.0 Å². The number of phenolic OH excluding ortho intramolecular Hbond substituents is 6. The van der Waals surface area contributed by atoms with Gasteiger partial charge in [-0.25, -0.2) is 0 Å². The van der Waals surface area contributed by atoms with Crippen LogP contribution in [0.2, 0.25) is 0 Å². The van der Waals surface area contributed by atoms with Crippen LogP contribution in [0, 0.1) is 0 Å². The monoisotopic (exact) mass is 1450 g/mol. The van der Waals surface area contributed by atoms with Gasteiger partial charge in [-0.15, -0.1) is 0 Å². The van der Waals surface area contributed by atoms with E-state index in [2.05, 4.69) is 77.1 Å². The number of pyridine rings is 4. The van der Waals surface area contributed by atoms with Gasteiger partial charge in [0.1, 0.15) is 28.2 Å². The first-order valence-corrected chi connectivity index (χ1v) is 31.5. The molecule has 103 heavy (non-hydrogen) atoms. The molecule has 20 nitrogen and oxygen atoms in total. The molecule has 7 heterocycles. The number of rotatable bonds is 4. The maximum Gasteiger partial charge on any atom is 0.231 e. The SMILES string of the molecule is C.COc1ccc2c(c[n+](C)c3c4cc(O)c(O)cc4ccc23)c1OC.COc1ccc2c(c[n+](C)c3c4cc5c(cc4ccc23)OCO5)c1OC.C[n+]1cc2c(O)c(O)ccc2c2ccc3cc(O)c(O)cc3c21.C[n+]1cc2c3c(ccc2c2ccc4cc5c(cc4c21)OCO5)OCO3.[Cl-].[Cl-].[Cl-]. The molecular formula is C80H68Cl3N4O16+. The topological polar surface area (TPSA) is 229 Å². The second-order valence-corrected chi connectivity index (χ2v) is 24.5. The molecule has 4 aromatic heterocycles. The number of aryl methyl sites for hydroxylation is 4. The molecule has 0 radical (unpaired) electrons. The predicted octanol–water partition coefficient (Wildman–Crippen LogP) is 4.99. The van der Waals surface area contributed by atoms with Crippen molar-refractivity contribution in [3.63, 3.8) is 0 Å². The Morgan fingerprint density at radius 3 is 1.01 bits per heavy atom. The van der Waals surface area contributed by atoms with Crippen LogP contribution in [0.15, 0.2) is 170 Å². The number of fused-ring (bicyclic) bond motifs is 24. The molecule has 16 aromatic rings. The van der Waals surface area contributed by atoms with Crippen molar-refractivity contribution in [1.29, 1.82) is 0 Å². The van der Waals surface area contributed by atoms with Crippen LogP contribution in [0.25, 0.3) is 130 Å². The van der Waals surface area contributed by atoms with Gasteiger partial charge in [-0.2, -0.15) is 18.3 Å². The average molecular weight is 1450 g/mol. The minimum Gasteiger partial charge on any atom is -1.00 e. The second-order valence-electron chi connectivity index (χ2n) is 24.5. The molecule has 6 N–H and O–H groups in total. The third-order valence-corrected chi connectivity index (χ3v) is 18.9. The van der Waals surface area contributed by atoms with E-state index in [0.717, 1.165) is 165 Å². The molecular weight excluding hydrogens is 1380 g/mol. The smallest absolute Gasteiger partial charge is 0.231 e. The van der Waals surface area contributed by atoms with Gasteiger partial charge in [0.15, 0.2) is 117 Å². The fourth-order valence-electron chi connectivity index (χ4n) is 14.4. The number of benzene rings is 12. The van der Waals surface area contributed by atoms with Crippen molar-refractivity contribution in [2.75, 3.05) is 48.8 Å². The molecule has 524 valence electrons. The van der Waals surface area contributed by atoms with E-state index in [9.17, 15) is 30.6 Å². The van der Waals surface area contributed by atoms with Crippen LogP contribution in [0.4, 0.5) is 0 Å². The number of hydrogen-bond donors (Lipinski definition) is 6. The number of phenols is 6. The lowest BCUT2D eigenvalue weighted by Crippen LogP contribution is -3.00. The Labute approximate surface area is 606 Å². The van der Waals surface area contributed by atoms with Crippen molar-refractivity contribution in [2.45, 2.75) is 7.43 Å². The summed E-state index contributed by atoms with van der Waals surface area (Å²) in [5.41, 5.74) is 4.12. The molecule has 0 fully saturated rings. The van der Waals surface area contributed by atoms with Crippen LogP contribution in [0.5, 0.6) is 92.0 Å². The molecule has 0 atom stereocenters. The van der Waals surface area contributed by atoms with E-state index in [1.54, 1.807) is 52.8 Å². The van der Waals surface area contributed by atoms with Gasteiger partial charge in [-0.1, -0.05) is 31.7 Å². The summed E-state index contributed by atoms with van der Waals surface area (Å²) < 4.78 is 63.5. The van der Waals surface area contributed by atoms with Crippen LogP contribution in [-0.4, -0.2) is 79.5 Å². The van der Waals surface area contributed by atoms with E-state index in [0.29, 0.717) is 16.9 Å². The highest BCUT2D eigenvalue weighted by molar-refractivity contribution is 6.19. The van der Waals surface area contributed by atoms with E-state index >= 15 is 0 Å². The van der Waals surface area contributed by atoms with Crippen molar-refractivity contribution in [3.05, 3.63) is 170 Å². The Hall–Kier alpha value is -12.0. The van der Waals surface area contributed by atoms with E-state index in [-0.39, 0.29) is 99.5 Å². The zero-order valence-electron chi connectivity index (χ0n) is 56.0. The molecule has 3 aliphatic heterocycles. The van der Waals surface area contributed by atoms with E-state index in [1.165, 1.54) is 23.6 Å². The summed E-state index contributed by atoms with van der Waals surface area (Å²) in [5, 5.41) is 78.7. The Kier molecular flexibility index (Phi) is 18.9. The van der Waals surface area contributed by atoms with Gasteiger partial charge in [-0.05, 0) is 143 Å². The molecule has 3 aliphatic rings. The zero-order valence-corrected chi connectivity index (χ0v) is 58.2. The van der Waals surface area contributed by atoms with Gasteiger partial charge >= 0.3 is 0 Å². The van der Waals surface area contributed by atoms with Crippen molar-refractivity contribution in [1.82, 2.24) is 0 Å². The van der Waals surface area contributed by atoms with E-state index in [4.69, 9.17) is 47.4 Å². The number of hydrogen-bond acceptors (Lipinski definition) is 16. The summed E-state index contributed by atoms with van der Waals surface area (Å²) in [6, 6.07) is 45.9. The average Bonchev–Trinajstić information content (AvgIpc) is 0.939. The van der Waals surface area contributed by atoms with Gasteiger partial charge in [-0.3, -0.25) is 0 Å². The minimum atomic E-state index is -0.182. The zero-order chi connectivity index (χ0) is 68.4. The summed E-state index contributed by atoms with van der Waals surface area (Å²) >= 11 is 0. The van der Waals surface area contributed by atoms with E-state index < -0.39 is 0 Å². The lowest BCUT2D eigenvalue weighted by Gasteiger charge is -2.12. The fourth-order valence-corrected chi connectivity index (χ4v) is 14.4. The number of aromatic hydroxyl groups is 6. The van der Waals surface area contributed by atoms with Crippen LogP contribution in [0.1, 0.15) is 7.43 Å². The third-order valence-electron chi connectivity index (χ3n) is 18.9. The van der Waals surface area contributed by atoms with Gasteiger partial charge < -0.3 is 115 Å². The highest BCUT2D eigenvalue weighted by Gasteiger charge is 2.28. The van der Waals surface area contributed by atoms with E-state index in [1.807, 2.05) is 97.1 Å². The Morgan fingerprint density at radius 2 is 0.592 bits per heavy atom. The summed E-state index contributed by atoms with van der Waals surface area (Å²) in [6.07, 6.45) is 7.91. The lowest BCUT2D eigenvalue weighted by molar-refractivity contribution is -0.642. The van der Waals surface area contributed by atoms with Gasteiger partial charge in [0.2, 0.25) is 42.4 Å². The first kappa shape index (κ1) is 70.9. The summed E-state index contributed by atoms with van der Waals surface area (Å²) in [7, 11) is 14.4. The Morgan fingerprint density at radius 1 is 0.282 bits per heavy atom. The number of aromatic nitrogens is 4. The first-order valence-electron chi connectivity index (χ1n) is 31.5. The Balaban J connectivity index is 0.000000128. The summed E-state index contributed by atoms with van der Waals surface area (Å²) in [6.45, 7) is 0.829. The van der Waals surface area contributed by atoms with Gasteiger partial charge in [0.05, 0.1) is 93.1 Å². The highest BCUT2D eigenvalue weighted by Crippen LogP contribution is 2.47. The van der Waals surface area contributed by atoms with Crippen molar-refractivity contribution in [2.24, 2.45) is 28.2 Å². The van der Waals surface area contributed by atoms with Gasteiger partial charge in [0.25, 0.3) is 0 Å². The molecule has 23 heteroatoms. The molecule has 0 amide bonds. The van der Waals surface area contributed by atoms with Crippen molar-refractivity contribution < 1.29 is 133 Å². The van der Waals surface area contributed by atoms with Crippen LogP contribution in [0.3, 0.4) is 0 Å². The number of methoxy groups -OCH3 is 4. The third kappa shape index (κ3) is 11.5. The molecule has 0 unspecified atom stereocenters. The van der Waals surface area contributed by atoms with Gasteiger partial charge in [0, 0.05) is 21.5 Å².